The van der Waals surface area contributed by atoms with Gasteiger partial charge in [0.15, 0.2) is 0 Å². The zero-order valence-electron chi connectivity index (χ0n) is 14.4. The van der Waals surface area contributed by atoms with Gasteiger partial charge >= 0.3 is 6.03 Å². The second-order valence-corrected chi connectivity index (χ2v) is 7.65. The van der Waals surface area contributed by atoms with Gasteiger partial charge in [-0.05, 0) is 23.1 Å². The standard InChI is InChI=1S/C21H17N3OS2/c25-21(22-13-16-14-27-20(23-16)19-11-6-12-26-19)24-18-10-5-4-9-17(18)15-7-2-1-3-8-15/h1-12,14H,13H2,(H2,22,24,25). The maximum Gasteiger partial charge on any atom is 0.319 e. The SMILES string of the molecule is O=C(NCc1csc(-c2cccs2)n1)Nc1ccccc1-c1ccccc1. The molecule has 0 radical (unpaired) electrons. The highest BCUT2D eigenvalue weighted by Crippen LogP contribution is 2.28. The van der Waals surface area contributed by atoms with Crippen LogP contribution in [0.5, 0.6) is 0 Å². The fraction of sp³-hybridized carbons (Fsp3) is 0.0476. The summed E-state index contributed by atoms with van der Waals surface area (Å²) in [5, 5.41) is 10.8. The Morgan fingerprint density at radius 1 is 0.926 bits per heavy atom. The van der Waals surface area contributed by atoms with Crippen LogP contribution in [-0.4, -0.2) is 11.0 Å². The Labute approximate surface area is 165 Å². The largest absolute Gasteiger partial charge is 0.332 e. The van der Waals surface area contributed by atoms with Crippen LogP contribution in [-0.2, 0) is 6.54 Å². The van der Waals surface area contributed by atoms with Crippen LogP contribution in [0.15, 0.2) is 77.5 Å². The number of nitrogens with one attached hydrogen (secondary N) is 2. The third-order valence-electron chi connectivity index (χ3n) is 3.97. The number of urea groups is 1. The quantitative estimate of drug-likeness (QED) is 0.448. The van der Waals surface area contributed by atoms with Crippen molar-refractivity contribution in [1.82, 2.24) is 10.3 Å². The first kappa shape index (κ1) is 17.5. The Morgan fingerprint density at radius 3 is 2.56 bits per heavy atom. The van der Waals surface area contributed by atoms with E-state index in [9.17, 15) is 4.79 Å². The lowest BCUT2D eigenvalue weighted by atomic mass is 10.0. The number of benzene rings is 2. The van der Waals surface area contributed by atoms with Crippen LogP contribution in [0.4, 0.5) is 10.5 Å². The van der Waals surface area contributed by atoms with Crippen LogP contribution in [0.1, 0.15) is 5.69 Å². The molecule has 0 spiro atoms. The number of thiazole rings is 1. The van der Waals surface area contributed by atoms with Gasteiger partial charge in [0, 0.05) is 10.9 Å². The molecule has 4 aromatic rings. The maximum atomic E-state index is 12.4. The van der Waals surface area contributed by atoms with Gasteiger partial charge in [-0.3, -0.25) is 0 Å². The summed E-state index contributed by atoms with van der Waals surface area (Å²) in [4.78, 5) is 18.1. The third kappa shape index (κ3) is 4.24. The van der Waals surface area contributed by atoms with E-state index in [0.717, 1.165) is 32.4 Å². The van der Waals surface area contributed by atoms with Gasteiger partial charge in [-0.1, -0.05) is 54.6 Å². The Balaban J connectivity index is 1.41. The average Bonchev–Trinajstić information content (AvgIpc) is 3.39. The molecule has 134 valence electrons. The normalized spacial score (nSPS) is 10.5. The molecule has 0 saturated carbocycles. The minimum Gasteiger partial charge on any atom is -0.332 e. The number of aromatic nitrogens is 1. The number of para-hydroxylation sites is 1. The maximum absolute atomic E-state index is 12.4. The van der Waals surface area contributed by atoms with Crippen molar-refractivity contribution in [3.05, 3.63) is 83.2 Å². The lowest BCUT2D eigenvalue weighted by Crippen LogP contribution is -2.28. The van der Waals surface area contributed by atoms with Gasteiger partial charge in [-0.15, -0.1) is 22.7 Å². The molecule has 2 heterocycles. The Kier molecular flexibility index (Phi) is 5.27. The van der Waals surface area contributed by atoms with E-state index < -0.39 is 0 Å². The molecule has 4 rings (SSSR count). The molecular formula is C21H17N3OS2. The molecule has 4 nitrogen and oxygen atoms in total. The van der Waals surface area contributed by atoms with Crippen LogP contribution >= 0.6 is 22.7 Å². The first-order chi connectivity index (χ1) is 13.3. The number of anilines is 1. The summed E-state index contributed by atoms with van der Waals surface area (Å²) in [6, 6.07) is 21.6. The van der Waals surface area contributed by atoms with Crippen LogP contribution < -0.4 is 10.6 Å². The van der Waals surface area contributed by atoms with Crippen molar-refractivity contribution in [3.63, 3.8) is 0 Å². The fourth-order valence-electron chi connectivity index (χ4n) is 2.70. The lowest BCUT2D eigenvalue weighted by Gasteiger charge is -2.11. The molecule has 0 fully saturated rings. The second-order valence-electron chi connectivity index (χ2n) is 5.84. The predicted molar refractivity (Wildman–Crippen MR) is 113 cm³/mol. The van der Waals surface area contributed by atoms with Crippen molar-refractivity contribution in [3.8, 4) is 21.0 Å². The van der Waals surface area contributed by atoms with Gasteiger partial charge in [-0.2, -0.15) is 0 Å². The lowest BCUT2D eigenvalue weighted by molar-refractivity contribution is 0.251. The number of amides is 2. The summed E-state index contributed by atoms with van der Waals surface area (Å²) >= 11 is 3.25. The zero-order valence-corrected chi connectivity index (χ0v) is 16.0. The fourth-order valence-corrected chi connectivity index (χ4v) is 4.33. The van der Waals surface area contributed by atoms with Crippen LogP contribution in [0.3, 0.4) is 0 Å². The Morgan fingerprint density at radius 2 is 1.74 bits per heavy atom. The van der Waals surface area contributed by atoms with Gasteiger partial charge < -0.3 is 10.6 Å². The highest BCUT2D eigenvalue weighted by Gasteiger charge is 2.10. The summed E-state index contributed by atoms with van der Waals surface area (Å²) in [5.74, 6) is 0. The molecule has 2 aromatic carbocycles. The van der Waals surface area contributed by atoms with Crippen LogP contribution in [0, 0.1) is 0 Å². The Hall–Kier alpha value is -2.96. The molecule has 0 aliphatic carbocycles. The minimum absolute atomic E-state index is 0.246. The summed E-state index contributed by atoms with van der Waals surface area (Å²) in [7, 11) is 0. The third-order valence-corrected chi connectivity index (χ3v) is 5.90. The van der Waals surface area contributed by atoms with Gasteiger partial charge in [0.2, 0.25) is 0 Å². The first-order valence-electron chi connectivity index (χ1n) is 8.47. The number of hydrogen-bond acceptors (Lipinski definition) is 4. The van der Waals surface area contributed by atoms with E-state index in [-0.39, 0.29) is 6.03 Å². The monoisotopic (exact) mass is 391 g/mol. The second kappa shape index (κ2) is 8.16. The highest BCUT2D eigenvalue weighted by molar-refractivity contribution is 7.20. The number of carbonyl (C=O) groups excluding carboxylic acids is 1. The van der Waals surface area contributed by atoms with Crippen molar-refractivity contribution in [2.45, 2.75) is 6.54 Å². The van der Waals surface area contributed by atoms with Gasteiger partial charge in [-0.25, -0.2) is 9.78 Å². The molecule has 6 heteroatoms. The average molecular weight is 392 g/mol. The van der Waals surface area contributed by atoms with E-state index in [4.69, 9.17) is 0 Å². The number of carbonyl (C=O) groups is 1. The molecule has 0 aliphatic rings. The van der Waals surface area contributed by atoms with E-state index in [1.165, 1.54) is 0 Å². The van der Waals surface area contributed by atoms with E-state index in [0.29, 0.717) is 6.54 Å². The molecule has 27 heavy (non-hydrogen) atoms. The summed E-state index contributed by atoms with van der Waals surface area (Å²) in [6.45, 7) is 0.390. The molecule has 2 aromatic heterocycles. The smallest absolute Gasteiger partial charge is 0.319 e. The van der Waals surface area contributed by atoms with Crippen molar-refractivity contribution >= 4 is 34.4 Å². The summed E-state index contributed by atoms with van der Waals surface area (Å²) < 4.78 is 0. The molecule has 2 amide bonds. The molecule has 2 N–H and O–H groups in total. The minimum atomic E-state index is -0.246. The highest BCUT2D eigenvalue weighted by atomic mass is 32.1. The van der Waals surface area contributed by atoms with Gasteiger partial charge in [0.1, 0.15) is 5.01 Å². The number of rotatable bonds is 5. The van der Waals surface area contributed by atoms with Crippen molar-refractivity contribution in [1.29, 1.82) is 0 Å². The molecule has 0 saturated heterocycles. The first-order valence-corrected chi connectivity index (χ1v) is 10.2. The van der Waals surface area contributed by atoms with Gasteiger partial charge in [0.05, 0.1) is 22.8 Å². The van der Waals surface area contributed by atoms with Gasteiger partial charge in [0.25, 0.3) is 0 Å². The predicted octanol–water partition coefficient (Wildman–Crippen LogP) is 5.86. The topological polar surface area (TPSA) is 54.0 Å². The van der Waals surface area contributed by atoms with Crippen LogP contribution in [0.2, 0.25) is 0 Å². The molecule has 0 aliphatic heterocycles. The van der Waals surface area contributed by atoms with E-state index >= 15 is 0 Å². The van der Waals surface area contributed by atoms with Crippen molar-refractivity contribution < 1.29 is 4.79 Å². The number of nitrogens with zero attached hydrogens (tertiary/aromatic N) is 1. The molecule has 0 bridgehead atoms. The summed E-state index contributed by atoms with van der Waals surface area (Å²) in [6.07, 6.45) is 0. The summed E-state index contributed by atoms with van der Waals surface area (Å²) in [5.41, 5.74) is 3.68. The van der Waals surface area contributed by atoms with E-state index in [1.807, 2.05) is 77.5 Å². The van der Waals surface area contributed by atoms with E-state index in [2.05, 4.69) is 15.6 Å². The zero-order chi connectivity index (χ0) is 18.5. The van der Waals surface area contributed by atoms with E-state index in [1.54, 1.807) is 22.7 Å². The van der Waals surface area contributed by atoms with Crippen molar-refractivity contribution in [2.75, 3.05) is 5.32 Å². The van der Waals surface area contributed by atoms with Crippen LogP contribution in [0.25, 0.3) is 21.0 Å². The van der Waals surface area contributed by atoms with Crippen molar-refractivity contribution in [2.24, 2.45) is 0 Å². The number of hydrogen-bond donors (Lipinski definition) is 2. The molecule has 0 atom stereocenters. The molecular weight excluding hydrogens is 374 g/mol. The Bertz CT molecular complexity index is 1030. The molecule has 0 unspecified atom stereocenters. The number of thiophene rings is 1.